The second-order valence-corrected chi connectivity index (χ2v) is 6.26. The van der Waals surface area contributed by atoms with Gasteiger partial charge in [-0.2, -0.15) is 0 Å². The molecule has 0 aliphatic rings. The topological polar surface area (TPSA) is 26.3 Å². The number of methoxy groups -OCH3 is 1. The van der Waals surface area contributed by atoms with Crippen molar-refractivity contribution >= 4 is 33.3 Å². The number of hydrogen-bond acceptors (Lipinski definition) is 2. The lowest BCUT2D eigenvalue weighted by molar-refractivity contribution is 0.103. The Labute approximate surface area is 138 Å². The van der Waals surface area contributed by atoms with Crippen molar-refractivity contribution in [3.63, 3.8) is 0 Å². The first-order valence-corrected chi connectivity index (χ1v) is 7.68. The van der Waals surface area contributed by atoms with E-state index in [-0.39, 0.29) is 5.78 Å². The van der Waals surface area contributed by atoms with Crippen molar-refractivity contribution in [3.05, 3.63) is 61.6 Å². The van der Waals surface area contributed by atoms with Crippen molar-refractivity contribution in [2.24, 2.45) is 0 Å². The first-order valence-electron chi connectivity index (χ1n) is 6.51. The second kappa shape index (κ2) is 6.20. The Morgan fingerprint density at radius 3 is 2.38 bits per heavy atom. The van der Waals surface area contributed by atoms with Crippen molar-refractivity contribution in [1.29, 1.82) is 0 Å². The summed E-state index contributed by atoms with van der Waals surface area (Å²) in [5.74, 6) is 0.521. The van der Waals surface area contributed by atoms with E-state index < -0.39 is 0 Å². The number of rotatable bonds is 3. The van der Waals surface area contributed by atoms with Crippen LogP contribution in [0.15, 0.2) is 28.7 Å². The molecule has 2 nitrogen and oxygen atoms in total. The minimum Gasteiger partial charge on any atom is -0.496 e. The average molecular weight is 368 g/mol. The fraction of sp³-hybridized carbons (Fsp3) is 0.235. The number of carbonyl (C=O) groups excluding carboxylic acids is 1. The predicted octanol–water partition coefficient (Wildman–Crippen LogP) is 5.27. The summed E-state index contributed by atoms with van der Waals surface area (Å²) < 4.78 is 6.32. The lowest BCUT2D eigenvalue weighted by Crippen LogP contribution is -2.08. The molecule has 110 valence electrons. The fourth-order valence-corrected chi connectivity index (χ4v) is 2.99. The molecule has 0 fully saturated rings. The summed E-state index contributed by atoms with van der Waals surface area (Å²) in [6, 6.07) is 7.29. The van der Waals surface area contributed by atoms with E-state index in [0.29, 0.717) is 21.9 Å². The Balaban J connectivity index is 2.65. The number of hydrogen-bond donors (Lipinski definition) is 0. The molecule has 0 aliphatic carbocycles. The molecule has 0 aromatic heterocycles. The molecule has 2 rings (SSSR count). The van der Waals surface area contributed by atoms with Crippen LogP contribution in [0.2, 0.25) is 5.02 Å². The van der Waals surface area contributed by atoms with Gasteiger partial charge in [0.2, 0.25) is 0 Å². The van der Waals surface area contributed by atoms with E-state index in [1.807, 2.05) is 32.9 Å². The summed E-state index contributed by atoms with van der Waals surface area (Å²) in [5, 5.41) is 0.587. The van der Waals surface area contributed by atoms with Crippen molar-refractivity contribution < 1.29 is 9.53 Å². The standard InChI is InChI=1S/C17H16BrClO2/c1-9-5-6-12(8-14(9)19)16(20)15-11(3)13(18)7-10(2)17(15)21-4/h5-8H,1-4H3. The summed E-state index contributed by atoms with van der Waals surface area (Å²) >= 11 is 9.62. The highest BCUT2D eigenvalue weighted by atomic mass is 79.9. The molecule has 0 aliphatic heterocycles. The van der Waals surface area contributed by atoms with Gasteiger partial charge in [-0.15, -0.1) is 0 Å². The van der Waals surface area contributed by atoms with Crippen molar-refractivity contribution in [3.8, 4) is 5.75 Å². The number of ketones is 1. The van der Waals surface area contributed by atoms with Gasteiger partial charge < -0.3 is 4.74 Å². The first kappa shape index (κ1) is 16.1. The third-order valence-corrected chi connectivity index (χ3v) is 4.76. The molecular weight excluding hydrogens is 352 g/mol. The Hall–Kier alpha value is -1.32. The normalized spacial score (nSPS) is 10.6. The van der Waals surface area contributed by atoms with Crippen molar-refractivity contribution in [2.75, 3.05) is 7.11 Å². The van der Waals surface area contributed by atoms with Crippen LogP contribution in [-0.4, -0.2) is 12.9 Å². The maximum absolute atomic E-state index is 12.9. The number of halogens is 2. The molecule has 0 bridgehead atoms. The summed E-state index contributed by atoms with van der Waals surface area (Å²) in [4.78, 5) is 12.9. The van der Waals surface area contributed by atoms with Crippen LogP contribution < -0.4 is 4.74 Å². The van der Waals surface area contributed by atoms with Crippen LogP contribution in [0, 0.1) is 20.8 Å². The fourth-order valence-electron chi connectivity index (χ4n) is 2.27. The molecule has 0 saturated carbocycles. The number of carbonyl (C=O) groups is 1. The molecule has 21 heavy (non-hydrogen) atoms. The molecule has 0 atom stereocenters. The molecule has 0 amide bonds. The minimum atomic E-state index is -0.0874. The Morgan fingerprint density at radius 1 is 1.14 bits per heavy atom. The van der Waals surface area contributed by atoms with Gasteiger partial charge in [-0.05, 0) is 49.6 Å². The molecule has 0 spiro atoms. The summed E-state index contributed by atoms with van der Waals surface area (Å²) in [6.45, 7) is 5.72. The molecule has 0 N–H and O–H groups in total. The van der Waals surface area contributed by atoms with Gasteiger partial charge in [-0.3, -0.25) is 4.79 Å². The average Bonchev–Trinajstić information content (AvgIpc) is 2.44. The van der Waals surface area contributed by atoms with Crippen LogP contribution in [0.3, 0.4) is 0 Å². The highest BCUT2D eigenvalue weighted by Gasteiger charge is 2.21. The lowest BCUT2D eigenvalue weighted by Gasteiger charge is -2.15. The Bertz CT molecular complexity index is 723. The van der Waals surface area contributed by atoms with Gasteiger partial charge in [0.25, 0.3) is 0 Å². The number of aryl methyl sites for hydroxylation is 2. The first-order chi connectivity index (χ1) is 9.86. The highest BCUT2D eigenvalue weighted by molar-refractivity contribution is 9.10. The highest BCUT2D eigenvalue weighted by Crippen LogP contribution is 2.34. The zero-order valence-corrected chi connectivity index (χ0v) is 14.7. The smallest absolute Gasteiger partial charge is 0.197 e. The van der Waals surface area contributed by atoms with Gasteiger partial charge in [-0.1, -0.05) is 39.7 Å². The number of ether oxygens (including phenoxy) is 1. The maximum atomic E-state index is 12.9. The summed E-state index contributed by atoms with van der Waals surface area (Å²) in [5.41, 5.74) is 3.85. The zero-order valence-electron chi connectivity index (χ0n) is 12.4. The number of benzene rings is 2. The molecule has 0 saturated heterocycles. The van der Waals surface area contributed by atoms with E-state index in [0.717, 1.165) is 21.2 Å². The van der Waals surface area contributed by atoms with Gasteiger partial charge in [0.05, 0.1) is 12.7 Å². The van der Waals surface area contributed by atoms with Crippen LogP contribution in [-0.2, 0) is 0 Å². The van der Waals surface area contributed by atoms with Gasteiger partial charge in [0.1, 0.15) is 5.75 Å². The van der Waals surface area contributed by atoms with Crippen molar-refractivity contribution in [1.82, 2.24) is 0 Å². The van der Waals surface area contributed by atoms with Crippen LogP contribution in [0.4, 0.5) is 0 Å². The predicted molar refractivity (Wildman–Crippen MR) is 89.8 cm³/mol. The van der Waals surface area contributed by atoms with Crippen LogP contribution in [0.5, 0.6) is 5.75 Å². The van der Waals surface area contributed by atoms with Gasteiger partial charge in [0, 0.05) is 15.1 Å². The molecule has 2 aromatic carbocycles. The van der Waals surface area contributed by atoms with E-state index in [1.54, 1.807) is 19.2 Å². The molecule has 0 unspecified atom stereocenters. The molecule has 0 heterocycles. The lowest BCUT2D eigenvalue weighted by atomic mass is 9.95. The Kier molecular flexibility index (Phi) is 4.74. The summed E-state index contributed by atoms with van der Waals surface area (Å²) in [7, 11) is 1.58. The van der Waals surface area contributed by atoms with Gasteiger partial charge in [-0.25, -0.2) is 0 Å². The van der Waals surface area contributed by atoms with Crippen LogP contribution in [0.1, 0.15) is 32.6 Å². The van der Waals surface area contributed by atoms with Crippen LogP contribution in [0.25, 0.3) is 0 Å². The van der Waals surface area contributed by atoms with E-state index in [1.165, 1.54) is 0 Å². The largest absolute Gasteiger partial charge is 0.496 e. The Morgan fingerprint density at radius 2 is 1.81 bits per heavy atom. The van der Waals surface area contributed by atoms with E-state index in [9.17, 15) is 4.79 Å². The van der Waals surface area contributed by atoms with Crippen molar-refractivity contribution in [2.45, 2.75) is 20.8 Å². The van der Waals surface area contributed by atoms with Gasteiger partial charge in [0.15, 0.2) is 5.78 Å². The molecule has 4 heteroatoms. The van der Waals surface area contributed by atoms with E-state index in [4.69, 9.17) is 16.3 Å². The second-order valence-electron chi connectivity index (χ2n) is 5.00. The van der Waals surface area contributed by atoms with Gasteiger partial charge >= 0.3 is 0 Å². The third kappa shape index (κ3) is 2.99. The van der Waals surface area contributed by atoms with Crippen LogP contribution >= 0.6 is 27.5 Å². The minimum absolute atomic E-state index is 0.0874. The SMILES string of the molecule is COc1c(C)cc(Br)c(C)c1C(=O)c1ccc(C)c(Cl)c1. The monoisotopic (exact) mass is 366 g/mol. The third-order valence-electron chi connectivity index (χ3n) is 3.53. The molecule has 0 radical (unpaired) electrons. The van der Waals surface area contributed by atoms with E-state index in [2.05, 4.69) is 15.9 Å². The summed E-state index contributed by atoms with van der Waals surface area (Å²) in [6.07, 6.45) is 0. The molecular formula is C17H16BrClO2. The maximum Gasteiger partial charge on any atom is 0.197 e. The zero-order chi connectivity index (χ0) is 15.7. The quantitative estimate of drug-likeness (QED) is 0.691. The van der Waals surface area contributed by atoms with E-state index >= 15 is 0 Å². The molecule has 2 aromatic rings.